The highest BCUT2D eigenvalue weighted by Gasteiger charge is 2.30. The number of furan rings is 1. The average Bonchev–Trinajstić information content (AvgIpc) is 3.13. The SMILES string of the molecule is O=S(=O)(c1ccccc1)N1CCN(c2ncnc3c2oc2ccccc23)CC1. The van der Waals surface area contributed by atoms with Crippen LogP contribution in [0.4, 0.5) is 5.82 Å². The minimum absolute atomic E-state index is 0.324. The number of benzene rings is 2. The summed E-state index contributed by atoms with van der Waals surface area (Å²) < 4.78 is 33.2. The maximum atomic E-state index is 12.8. The zero-order valence-corrected chi connectivity index (χ0v) is 15.8. The molecule has 0 spiro atoms. The molecule has 0 bridgehead atoms. The minimum Gasteiger partial charge on any atom is -0.450 e. The maximum Gasteiger partial charge on any atom is 0.243 e. The fourth-order valence-electron chi connectivity index (χ4n) is 3.62. The Bertz CT molecular complexity index is 1250. The van der Waals surface area contributed by atoms with Gasteiger partial charge in [-0.05, 0) is 24.3 Å². The largest absolute Gasteiger partial charge is 0.450 e. The fourth-order valence-corrected chi connectivity index (χ4v) is 5.06. The van der Waals surface area contributed by atoms with Crippen molar-refractivity contribution in [1.82, 2.24) is 14.3 Å². The number of hydrogen-bond acceptors (Lipinski definition) is 6. The first-order valence-corrected chi connectivity index (χ1v) is 10.5. The van der Waals surface area contributed by atoms with Gasteiger partial charge in [-0.2, -0.15) is 4.31 Å². The summed E-state index contributed by atoms with van der Waals surface area (Å²) in [6.45, 7) is 1.86. The molecule has 0 N–H and O–H groups in total. The number of fused-ring (bicyclic) bond motifs is 3. The monoisotopic (exact) mass is 394 g/mol. The number of hydrogen-bond donors (Lipinski definition) is 0. The summed E-state index contributed by atoms with van der Waals surface area (Å²) >= 11 is 0. The Labute approximate surface area is 162 Å². The normalized spacial score (nSPS) is 16.1. The highest BCUT2D eigenvalue weighted by atomic mass is 32.2. The first-order valence-electron chi connectivity index (χ1n) is 9.07. The second-order valence-electron chi connectivity index (χ2n) is 6.68. The molecule has 1 aliphatic heterocycles. The third-order valence-electron chi connectivity index (χ3n) is 5.06. The van der Waals surface area contributed by atoms with E-state index in [2.05, 4.69) is 14.9 Å². The van der Waals surface area contributed by atoms with E-state index in [1.807, 2.05) is 30.3 Å². The van der Waals surface area contributed by atoms with Gasteiger partial charge in [0.15, 0.2) is 11.4 Å². The van der Waals surface area contributed by atoms with Crippen LogP contribution in [0.25, 0.3) is 22.1 Å². The van der Waals surface area contributed by atoms with Gasteiger partial charge in [0.25, 0.3) is 0 Å². The van der Waals surface area contributed by atoms with Crippen LogP contribution < -0.4 is 4.90 Å². The van der Waals surface area contributed by atoms with Crippen molar-refractivity contribution in [3.63, 3.8) is 0 Å². The highest BCUT2D eigenvalue weighted by molar-refractivity contribution is 7.89. The molecule has 1 aliphatic rings. The van der Waals surface area contributed by atoms with E-state index in [1.165, 1.54) is 10.6 Å². The van der Waals surface area contributed by atoms with Crippen molar-refractivity contribution in [1.29, 1.82) is 0 Å². The standard InChI is InChI=1S/C20H18N4O3S/c25-28(26,15-6-2-1-3-7-15)24-12-10-23(11-13-24)20-19-18(21-14-22-20)16-8-4-5-9-17(16)27-19/h1-9,14H,10-13H2. The smallest absolute Gasteiger partial charge is 0.243 e. The van der Waals surface area contributed by atoms with Crippen LogP contribution in [0.5, 0.6) is 0 Å². The topological polar surface area (TPSA) is 79.5 Å². The molecule has 28 heavy (non-hydrogen) atoms. The van der Waals surface area contributed by atoms with Crippen LogP contribution in [-0.4, -0.2) is 48.9 Å². The van der Waals surface area contributed by atoms with Crippen molar-refractivity contribution in [2.45, 2.75) is 4.90 Å². The molecular formula is C20H18N4O3S. The van der Waals surface area contributed by atoms with E-state index in [4.69, 9.17) is 4.42 Å². The van der Waals surface area contributed by atoms with Gasteiger partial charge in [0.2, 0.25) is 10.0 Å². The third kappa shape index (κ3) is 2.73. The van der Waals surface area contributed by atoms with E-state index in [1.54, 1.807) is 24.3 Å². The Morgan fingerprint density at radius 1 is 0.857 bits per heavy atom. The second kappa shape index (κ2) is 6.57. The Kier molecular flexibility index (Phi) is 4.03. The lowest BCUT2D eigenvalue weighted by Crippen LogP contribution is -2.49. The Morgan fingerprint density at radius 2 is 1.57 bits per heavy atom. The van der Waals surface area contributed by atoms with Gasteiger partial charge in [0.1, 0.15) is 17.4 Å². The molecule has 0 radical (unpaired) electrons. The van der Waals surface area contributed by atoms with Crippen molar-refractivity contribution >= 4 is 37.9 Å². The van der Waals surface area contributed by atoms with Crippen LogP contribution in [0.1, 0.15) is 0 Å². The molecule has 142 valence electrons. The molecule has 0 unspecified atom stereocenters. The lowest BCUT2D eigenvalue weighted by Gasteiger charge is -2.34. The molecule has 1 saturated heterocycles. The molecule has 0 atom stereocenters. The molecule has 2 aromatic carbocycles. The molecule has 4 aromatic rings. The summed E-state index contributed by atoms with van der Waals surface area (Å²) in [5.74, 6) is 0.706. The second-order valence-corrected chi connectivity index (χ2v) is 8.62. The summed E-state index contributed by atoms with van der Waals surface area (Å²) in [5, 5.41) is 0.950. The predicted molar refractivity (Wildman–Crippen MR) is 107 cm³/mol. The molecule has 5 rings (SSSR count). The van der Waals surface area contributed by atoms with Crippen molar-refractivity contribution in [2.75, 3.05) is 31.1 Å². The lowest BCUT2D eigenvalue weighted by molar-refractivity contribution is 0.383. The van der Waals surface area contributed by atoms with Gasteiger partial charge in [-0.3, -0.25) is 0 Å². The molecular weight excluding hydrogens is 376 g/mol. The number of piperazine rings is 1. The highest BCUT2D eigenvalue weighted by Crippen LogP contribution is 2.32. The van der Waals surface area contributed by atoms with E-state index >= 15 is 0 Å². The zero-order chi connectivity index (χ0) is 19.1. The van der Waals surface area contributed by atoms with Gasteiger partial charge >= 0.3 is 0 Å². The van der Waals surface area contributed by atoms with Gasteiger partial charge < -0.3 is 9.32 Å². The summed E-state index contributed by atoms with van der Waals surface area (Å²) in [7, 11) is -3.48. The molecule has 2 aromatic heterocycles. The van der Waals surface area contributed by atoms with E-state index < -0.39 is 10.0 Å². The Balaban J connectivity index is 1.43. The van der Waals surface area contributed by atoms with Gasteiger partial charge in [0.05, 0.1) is 4.90 Å². The zero-order valence-electron chi connectivity index (χ0n) is 15.0. The summed E-state index contributed by atoms with van der Waals surface area (Å²) in [4.78, 5) is 11.2. The lowest BCUT2D eigenvalue weighted by atomic mass is 10.2. The summed E-state index contributed by atoms with van der Waals surface area (Å²) in [6.07, 6.45) is 1.53. The number of aromatic nitrogens is 2. The van der Waals surface area contributed by atoms with Gasteiger partial charge in [-0.25, -0.2) is 18.4 Å². The minimum atomic E-state index is -3.48. The number of para-hydroxylation sites is 1. The maximum absolute atomic E-state index is 12.8. The van der Waals surface area contributed by atoms with Crippen LogP contribution in [0, 0.1) is 0 Å². The van der Waals surface area contributed by atoms with E-state index in [0.29, 0.717) is 42.5 Å². The molecule has 0 aliphatic carbocycles. The first kappa shape index (κ1) is 17.2. The number of nitrogens with zero attached hydrogens (tertiary/aromatic N) is 4. The summed E-state index contributed by atoms with van der Waals surface area (Å²) in [6, 6.07) is 16.3. The van der Waals surface area contributed by atoms with Gasteiger partial charge in [0, 0.05) is 31.6 Å². The molecule has 1 fully saturated rings. The molecule has 8 heteroatoms. The Hall–Kier alpha value is -2.97. The van der Waals surface area contributed by atoms with Crippen molar-refractivity contribution in [3.05, 3.63) is 60.9 Å². The van der Waals surface area contributed by atoms with E-state index in [0.717, 1.165) is 16.5 Å². The van der Waals surface area contributed by atoms with Crippen LogP contribution in [0.2, 0.25) is 0 Å². The van der Waals surface area contributed by atoms with Crippen molar-refractivity contribution < 1.29 is 12.8 Å². The van der Waals surface area contributed by atoms with E-state index in [9.17, 15) is 8.42 Å². The number of anilines is 1. The molecule has 7 nitrogen and oxygen atoms in total. The van der Waals surface area contributed by atoms with Crippen LogP contribution in [0.3, 0.4) is 0 Å². The third-order valence-corrected chi connectivity index (χ3v) is 6.97. The molecule has 3 heterocycles. The predicted octanol–water partition coefficient (Wildman–Crippen LogP) is 2.89. The van der Waals surface area contributed by atoms with E-state index in [-0.39, 0.29) is 0 Å². The van der Waals surface area contributed by atoms with Crippen molar-refractivity contribution in [3.8, 4) is 0 Å². The van der Waals surface area contributed by atoms with Crippen LogP contribution >= 0.6 is 0 Å². The molecule has 0 amide bonds. The summed E-state index contributed by atoms with van der Waals surface area (Å²) in [5.41, 5.74) is 2.19. The fraction of sp³-hybridized carbons (Fsp3) is 0.200. The number of rotatable bonds is 3. The number of sulfonamides is 1. The quantitative estimate of drug-likeness (QED) is 0.532. The van der Waals surface area contributed by atoms with Crippen LogP contribution in [-0.2, 0) is 10.0 Å². The van der Waals surface area contributed by atoms with Gasteiger partial charge in [-0.1, -0.05) is 30.3 Å². The van der Waals surface area contributed by atoms with Crippen LogP contribution in [0.15, 0.2) is 70.2 Å². The average molecular weight is 394 g/mol. The van der Waals surface area contributed by atoms with Crippen molar-refractivity contribution in [2.24, 2.45) is 0 Å². The van der Waals surface area contributed by atoms with Gasteiger partial charge in [-0.15, -0.1) is 0 Å². The Morgan fingerprint density at radius 3 is 2.36 bits per heavy atom. The molecule has 0 saturated carbocycles. The first-order chi connectivity index (χ1) is 13.6.